The second-order valence-electron chi connectivity index (χ2n) is 4.36. The van der Waals surface area contributed by atoms with Gasteiger partial charge in [0.15, 0.2) is 0 Å². The van der Waals surface area contributed by atoms with Crippen LogP contribution in [0.4, 0.5) is 15.8 Å². The molecule has 0 bridgehead atoms. The number of rotatable bonds is 2. The molecule has 92 valence electrons. The van der Waals surface area contributed by atoms with Crippen molar-refractivity contribution in [3.05, 3.63) is 24.0 Å². The Labute approximate surface area is 99.4 Å². The van der Waals surface area contributed by atoms with Crippen LogP contribution in [0.15, 0.2) is 18.2 Å². The van der Waals surface area contributed by atoms with Gasteiger partial charge in [0.2, 0.25) is 5.91 Å². The Bertz CT molecular complexity index is 436. The Morgan fingerprint density at radius 2 is 2.24 bits per heavy atom. The van der Waals surface area contributed by atoms with Crippen LogP contribution in [-0.4, -0.2) is 19.0 Å². The van der Waals surface area contributed by atoms with Crippen molar-refractivity contribution in [1.82, 2.24) is 0 Å². The second kappa shape index (κ2) is 4.61. The van der Waals surface area contributed by atoms with Crippen molar-refractivity contribution in [2.45, 2.75) is 12.8 Å². The smallest absolute Gasteiger partial charge is 0.222 e. The maximum atomic E-state index is 13.3. The maximum Gasteiger partial charge on any atom is 0.222 e. The van der Waals surface area contributed by atoms with E-state index in [9.17, 15) is 9.18 Å². The van der Waals surface area contributed by atoms with Gasteiger partial charge in [0, 0.05) is 13.1 Å². The first-order chi connectivity index (χ1) is 8.09. The Morgan fingerprint density at radius 1 is 1.47 bits per heavy atom. The van der Waals surface area contributed by atoms with E-state index in [0.717, 1.165) is 19.4 Å². The molecule has 0 aromatic heterocycles. The van der Waals surface area contributed by atoms with Crippen molar-refractivity contribution >= 4 is 17.3 Å². The van der Waals surface area contributed by atoms with Gasteiger partial charge in [0.05, 0.1) is 17.3 Å². The van der Waals surface area contributed by atoms with Crippen molar-refractivity contribution in [3.63, 3.8) is 0 Å². The highest BCUT2D eigenvalue weighted by atomic mass is 19.1. The molecule has 0 aliphatic carbocycles. The number of para-hydroxylation sites is 1. The average molecular weight is 237 g/mol. The fraction of sp³-hybridized carbons (Fsp3) is 0.417. The SMILES string of the molecule is NC(=O)C1CCCN(c2cccc(F)c2N)C1. The minimum Gasteiger partial charge on any atom is -0.395 e. The molecule has 1 amide bonds. The number of halogens is 1. The molecule has 1 fully saturated rings. The predicted molar refractivity (Wildman–Crippen MR) is 64.9 cm³/mol. The van der Waals surface area contributed by atoms with Crippen molar-refractivity contribution in [3.8, 4) is 0 Å². The minimum atomic E-state index is -0.427. The Balaban J connectivity index is 2.22. The van der Waals surface area contributed by atoms with E-state index in [1.165, 1.54) is 6.07 Å². The van der Waals surface area contributed by atoms with E-state index < -0.39 is 5.82 Å². The highest BCUT2D eigenvalue weighted by Gasteiger charge is 2.25. The number of piperidine rings is 1. The Hall–Kier alpha value is -1.78. The van der Waals surface area contributed by atoms with E-state index in [4.69, 9.17) is 11.5 Å². The lowest BCUT2D eigenvalue weighted by Gasteiger charge is -2.33. The number of hydrogen-bond acceptors (Lipinski definition) is 3. The average Bonchev–Trinajstić information content (AvgIpc) is 2.33. The lowest BCUT2D eigenvalue weighted by molar-refractivity contribution is -0.122. The molecule has 1 aliphatic heterocycles. The van der Waals surface area contributed by atoms with Crippen molar-refractivity contribution < 1.29 is 9.18 Å². The number of carbonyl (C=O) groups is 1. The quantitative estimate of drug-likeness (QED) is 0.757. The molecule has 4 nitrogen and oxygen atoms in total. The molecule has 2 rings (SSSR count). The van der Waals surface area contributed by atoms with Crippen LogP contribution >= 0.6 is 0 Å². The van der Waals surface area contributed by atoms with Gasteiger partial charge in [-0.15, -0.1) is 0 Å². The summed E-state index contributed by atoms with van der Waals surface area (Å²) in [7, 11) is 0. The molecular formula is C12H16FN3O. The number of hydrogen-bond donors (Lipinski definition) is 2. The van der Waals surface area contributed by atoms with E-state index in [-0.39, 0.29) is 17.5 Å². The lowest BCUT2D eigenvalue weighted by atomic mass is 9.97. The fourth-order valence-electron chi connectivity index (χ4n) is 2.23. The van der Waals surface area contributed by atoms with Crippen LogP contribution in [0.2, 0.25) is 0 Å². The number of benzene rings is 1. The van der Waals surface area contributed by atoms with Crippen LogP contribution < -0.4 is 16.4 Å². The van der Waals surface area contributed by atoms with Gasteiger partial charge in [-0.3, -0.25) is 4.79 Å². The molecule has 1 atom stereocenters. The summed E-state index contributed by atoms with van der Waals surface area (Å²) in [5.41, 5.74) is 11.8. The number of nitrogen functional groups attached to an aromatic ring is 1. The van der Waals surface area contributed by atoms with Gasteiger partial charge in [0.1, 0.15) is 5.82 Å². The van der Waals surface area contributed by atoms with E-state index in [2.05, 4.69) is 0 Å². The van der Waals surface area contributed by atoms with E-state index >= 15 is 0 Å². The molecule has 17 heavy (non-hydrogen) atoms. The zero-order chi connectivity index (χ0) is 12.4. The van der Waals surface area contributed by atoms with Crippen molar-refractivity contribution in [1.29, 1.82) is 0 Å². The van der Waals surface area contributed by atoms with E-state index in [1.807, 2.05) is 4.90 Å². The normalized spacial score (nSPS) is 20.3. The van der Waals surface area contributed by atoms with Crippen LogP contribution in [0, 0.1) is 11.7 Å². The molecule has 1 unspecified atom stereocenters. The third-order valence-electron chi connectivity index (χ3n) is 3.19. The fourth-order valence-corrected chi connectivity index (χ4v) is 2.23. The van der Waals surface area contributed by atoms with Gasteiger partial charge in [-0.25, -0.2) is 4.39 Å². The topological polar surface area (TPSA) is 72.4 Å². The molecular weight excluding hydrogens is 221 g/mol. The predicted octanol–water partition coefficient (Wildman–Crippen LogP) is 1.11. The molecule has 1 heterocycles. The van der Waals surface area contributed by atoms with Gasteiger partial charge < -0.3 is 16.4 Å². The zero-order valence-electron chi connectivity index (χ0n) is 9.53. The summed E-state index contributed by atoms with van der Waals surface area (Å²) >= 11 is 0. The monoisotopic (exact) mass is 237 g/mol. The standard InChI is InChI=1S/C12H16FN3O/c13-9-4-1-5-10(11(9)14)16-6-2-3-8(7-16)12(15)17/h1,4-5,8H,2-3,6-7,14H2,(H2,15,17). The third-order valence-corrected chi connectivity index (χ3v) is 3.19. The second-order valence-corrected chi connectivity index (χ2v) is 4.36. The van der Waals surface area contributed by atoms with Gasteiger partial charge in [0.25, 0.3) is 0 Å². The number of nitrogens with two attached hydrogens (primary N) is 2. The van der Waals surface area contributed by atoms with Crippen LogP contribution in [0.1, 0.15) is 12.8 Å². The maximum absolute atomic E-state index is 13.3. The first kappa shape index (κ1) is 11.7. The summed E-state index contributed by atoms with van der Waals surface area (Å²) < 4.78 is 13.3. The van der Waals surface area contributed by atoms with Crippen molar-refractivity contribution in [2.75, 3.05) is 23.7 Å². The Morgan fingerprint density at radius 3 is 2.94 bits per heavy atom. The van der Waals surface area contributed by atoms with E-state index in [0.29, 0.717) is 12.2 Å². The largest absolute Gasteiger partial charge is 0.395 e. The number of nitrogens with zero attached hydrogens (tertiary/aromatic N) is 1. The van der Waals surface area contributed by atoms with Gasteiger partial charge in [-0.1, -0.05) is 6.07 Å². The summed E-state index contributed by atoms with van der Waals surface area (Å²) in [5, 5.41) is 0. The number of primary amides is 1. The third kappa shape index (κ3) is 2.33. The molecule has 1 saturated heterocycles. The summed E-state index contributed by atoms with van der Waals surface area (Å²) in [6.07, 6.45) is 1.66. The van der Waals surface area contributed by atoms with Gasteiger partial charge in [-0.2, -0.15) is 0 Å². The summed E-state index contributed by atoms with van der Waals surface area (Å²) in [6.45, 7) is 1.29. The molecule has 5 heteroatoms. The number of anilines is 2. The van der Waals surface area contributed by atoms with E-state index in [1.54, 1.807) is 12.1 Å². The van der Waals surface area contributed by atoms with Crippen LogP contribution in [0.5, 0.6) is 0 Å². The molecule has 1 aliphatic rings. The first-order valence-corrected chi connectivity index (χ1v) is 5.68. The number of amides is 1. The molecule has 0 radical (unpaired) electrons. The molecule has 0 spiro atoms. The van der Waals surface area contributed by atoms with Crippen molar-refractivity contribution in [2.24, 2.45) is 11.7 Å². The molecule has 1 aromatic carbocycles. The Kier molecular flexibility index (Phi) is 3.17. The zero-order valence-corrected chi connectivity index (χ0v) is 9.53. The van der Waals surface area contributed by atoms with Gasteiger partial charge >= 0.3 is 0 Å². The first-order valence-electron chi connectivity index (χ1n) is 5.68. The number of carbonyl (C=O) groups excluding carboxylic acids is 1. The van der Waals surface area contributed by atoms with Crippen LogP contribution in [0.25, 0.3) is 0 Å². The summed E-state index contributed by atoms with van der Waals surface area (Å²) in [4.78, 5) is 13.1. The highest BCUT2D eigenvalue weighted by Crippen LogP contribution is 2.29. The lowest BCUT2D eigenvalue weighted by Crippen LogP contribution is -2.41. The van der Waals surface area contributed by atoms with Crippen LogP contribution in [-0.2, 0) is 4.79 Å². The summed E-state index contributed by atoms with van der Waals surface area (Å²) in [5.74, 6) is -0.903. The molecule has 4 N–H and O–H groups in total. The highest BCUT2D eigenvalue weighted by molar-refractivity contribution is 5.78. The van der Waals surface area contributed by atoms with Crippen LogP contribution in [0.3, 0.4) is 0 Å². The van der Waals surface area contributed by atoms with Gasteiger partial charge in [-0.05, 0) is 25.0 Å². The summed E-state index contributed by atoms with van der Waals surface area (Å²) in [6, 6.07) is 4.71. The minimum absolute atomic E-state index is 0.137. The molecule has 1 aromatic rings. The molecule has 0 saturated carbocycles.